The standard InChI is InChI=1S/C27H36N4O2/c1-2-33-21-10-7-19(8-11-21)25-22-6-5-13-28-26(22)23-18-20(9-12-24(23)30-25)27(32)29-14-17-31-15-3-4-16-31/h7-12,18,22,25-26,28,30H,2-6,13-17H2,1H3,(H,29,32)/t22-,25?,26-/m0/s1. The van der Waals surface area contributed by atoms with Crippen LogP contribution in [0.1, 0.15) is 66.2 Å². The number of fused-ring (bicyclic) bond motifs is 3. The fourth-order valence-corrected chi connectivity index (χ4v) is 5.68. The van der Waals surface area contributed by atoms with Crippen molar-refractivity contribution in [3.8, 4) is 5.75 Å². The Bertz CT molecular complexity index is 955. The minimum atomic E-state index is 0.0259. The molecule has 1 unspecified atom stereocenters. The minimum Gasteiger partial charge on any atom is -0.494 e. The molecule has 3 aliphatic rings. The predicted molar refractivity (Wildman–Crippen MR) is 132 cm³/mol. The first-order chi connectivity index (χ1) is 16.2. The highest BCUT2D eigenvalue weighted by Crippen LogP contribution is 2.47. The van der Waals surface area contributed by atoms with Crippen LogP contribution in [0.3, 0.4) is 0 Å². The van der Waals surface area contributed by atoms with Gasteiger partial charge in [0.2, 0.25) is 0 Å². The van der Waals surface area contributed by atoms with Crippen LogP contribution >= 0.6 is 0 Å². The highest BCUT2D eigenvalue weighted by atomic mass is 16.5. The molecule has 3 heterocycles. The number of ether oxygens (including phenoxy) is 1. The summed E-state index contributed by atoms with van der Waals surface area (Å²) in [7, 11) is 0. The normalized spacial score (nSPS) is 24.5. The number of hydrogen-bond acceptors (Lipinski definition) is 5. The van der Waals surface area contributed by atoms with E-state index in [1.165, 1.54) is 30.4 Å². The lowest BCUT2D eigenvalue weighted by Gasteiger charge is -2.44. The number of piperidine rings is 1. The quantitative estimate of drug-likeness (QED) is 0.595. The molecular formula is C27H36N4O2. The van der Waals surface area contributed by atoms with Gasteiger partial charge in [0.25, 0.3) is 5.91 Å². The SMILES string of the molecule is CCOc1ccc(C2Nc3ccc(C(=O)NCCN4CCCC4)cc3[C@H]3NCCC[C@@H]23)cc1. The van der Waals surface area contributed by atoms with Crippen molar-refractivity contribution in [2.75, 3.05) is 44.6 Å². The predicted octanol–water partition coefficient (Wildman–Crippen LogP) is 4.12. The molecule has 6 heteroatoms. The van der Waals surface area contributed by atoms with Gasteiger partial charge in [0, 0.05) is 36.3 Å². The molecule has 2 fully saturated rings. The molecule has 1 amide bonds. The average Bonchev–Trinajstić information content (AvgIpc) is 3.37. The number of carbonyl (C=O) groups is 1. The number of anilines is 1. The first-order valence-corrected chi connectivity index (χ1v) is 12.6. The van der Waals surface area contributed by atoms with Gasteiger partial charge in [-0.1, -0.05) is 12.1 Å². The molecule has 0 aromatic heterocycles. The Morgan fingerprint density at radius 2 is 1.91 bits per heavy atom. The van der Waals surface area contributed by atoms with E-state index in [0.29, 0.717) is 19.1 Å². The number of nitrogens with zero attached hydrogens (tertiary/aromatic N) is 1. The summed E-state index contributed by atoms with van der Waals surface area (Å²) in [6.07, 6.45) is 4.88. The molecule has 3 N–H and O–H groups in total. The Hall–Kier alpha value is -2.57. The summed E-state index contributed by atoms with van der Waals surface area (Å²) in [5.74, 6) is 1.38. The lowest BCUT2D eigenvalue weighted by Crippen LogP contribution is -2.42. The number of amides is 1. The fraction of sp³-hybridized carbons (Fsp3) is 0.519. The van der Waals surface area contributed by atoms with Crippen LogP contribution in [0.25, 0.3) is 0 Å². The Kier molecular flexibility index (Phi) is 6.83. The summed E-state index contributed by atoms with van der Waals surface area (Å²) < 4.78 is 5.63. The molecule has 2 aromatic rings. The number of benzene rings is 2. The molecule has 3 atom stereocenters. The Morgan fingerprint density at radius 3 is 2.70 bits per heavy atom. The van der Waals surface area contributed by atoms with Gasteiger partial charge in [0.05, 0.1) is 12.6 Å². The van der Waals surface area contributed by atoms with Gasteiger partial charge in [0.1, 0.15) is 5.75 Å². The van der Waals surface area contributed by atoms with E-state index in [-0.39, 0.29) is 18.0 Å². The molecule has 2 saturated heterocycles. The van der Waals surface area contributed by atoms with Gasteiger partial charge in [-0.2, -0.15) is 0 Å². The topological polar surface area (TPSA) is 65.6 Å². The third kappa shape index (κ3) is 4.87. The number of hydrogen-bond donors (Lipinski definition) is 3. The number of nitrogens with one attached hydrogen (secondary N) is 3. The molecule has 0 aliphatic carbocycles. The van der Waals surface area contributed by atoms with E-state index in [1.807, 2.05) is 13.0 Å². The van der Waals surface area contributed by atoms with E-state index in [1.54, 1.807) is 0 Å². The van der Waals surface area contributed by atoms with Crippen LogP contribution in [0.5, 0.6) is 5.75 Å². The van der Waals surface area contributed by atoms with Gasteiger partial charge >= 0.3 is 0 Å². The van der Waals surface area contributed by atoms with Gasteiger partial charge in [0.15, 0.2) is 0 Å². The maximum absolute atomic E-state index is 12.9. The molecule has 5 rings (SSSR count). The zero-order valence-electron chi connectivity index (χ0n) is 19.6. The molecule has 0 spiro atoms. The first-order valence-electron chi connectivity index (χ1n) is 12.6. The van der Waals surface area contributed by atoms with Crippen molar-refractivity contribution in [1.29, 1.82) is 0 Å². The van der Waals surface area contributed by atoms with E-state index >= 15 is 0 Å². The van der Waals surface area contributed by atoms with E-state index in [9.17, 15) is 4.79 Å². The van der Waals surface area contributed by atoms with Crippen molar-refractivity contribution < 1.29 is 9.53 Å². The summed E-state index contributed by atoms with van der Waals surface area (Å²) in [5.41, 5.74) is 4.38. The second-order valence-electron chi connectivity index (χ2n) is 9.47. The van der Waals surface area contributed by atoms with Gasteiger partial charge in [-0.05, 0) is 93.7 Å². The lowest BCUT2D eigenvalue weighted by molar-refractivity contribution is 0.0949. The van der Waals surface area contributed by atoms with Gasteiger partial charge in [-0.3, -0.25) is 4.79 Å². The molecule has 176 valence electrons. The fourth-order valence-electron chi connectivity index (χ4n) is 5.68. The second-order valence-corrected chi connectivity index (χ2v) is 9.47. The lowest BCUT2D eigenvalue weighted by atomic mass is 9.75. The molecule has 3 aliphatic heterocycles. The van der Waals surface area contributed by atoms with Crippen LogP contribution in [0, 0.1) is 5.92 Å². The van der Waals surface area contributed by atoms with E-state index in [4.69, 9.17) is 4.74 Å². The van der Waals surface area contributed by atoms with Gasteiger partial charge < -0.3 is 25.6 Å². The van der Waals surface area contributed by atoms with Gasteiger partial charge in [-0.15, -0.1) is 0 Å². The van der Waals surface area contributed by atoms with Crippen LogP contribution in [-0.2, 0) is 0 Å². The maximum Gasteiger partial charge on any atom is 0.251 e. The van der Waals surface area contributed by atoms with Crippen LogP contribution in [0.15, 0.2) is 42.5 Å². The minimum absolute atomic E-state index is 0.0259. The van der Waals surface area contributed by atoms with Crippen molar-refractivity contribution in [2.24, 2.45) is 5.92 Å². The van der Waals surface area contributed by atoms with E-state index < -0.39 is 0 Å². The monoisotopic (exact) mass is 448 g/mol. The van der Waals surface area contributed by atoms with Crippen LogP contribution in [-0.4, -0.2) is 50.1 Å². The van der Waals surface area contributed by atoms with Crippen LogP contribution < -0.4 is 20.7 Å². The highest BCUT2D eigenvalue weighted by Gasteiger charge is 2.39. The van der Waals surface area contributed by atoms with Crippen molar-refractivity contribution in [3.05, 3.63) is 59.2 Å². The van der Waals surface area contributed by atoms with Crippen molar-refractivity contribution in [2.45, 2.75) is 44.7 Å². The zero-order valence-corrected chi connectivity index (χ0v) is 19.6. The van der Waals surface area contributed by atoms with Crippen molar-refractivity contribution in [3.63, 3.8) is 0 Å². The third-order valence-electron chi connectivity index (χ3n) is 7.36. The molecular weight excluding hydrogens is 412 g/mol. The van der Waals surface area contributed by atoms with E-state index in [2.05, 4.69) is 57.2 Å². The summed E-state index contributed by atoms with van der Waals surface area (Å²) >= 11 is 0. The smallest absolute Gasteiger partial charge is 0.251 e. The Balaban J connectivity index is 1.32. The summed E-state index contributed by atoms with van der Waals surface area (Å²) in [5, 5.41) is 10.7. The highest BCUT2D eigenvalue weighted by molar-refractivity contribution is 5.95. The van der Waals surface area contributed by atoms with Crippen molar-refractivity contribution in [1.82, 2.24) is 15.5 Å². The molecule has 0 saturated carbocycles. The zero-order chi connectivity index (χ0) is 22.6. The number of rotatable bonds is 7. The van der Waals surface area contributed by atoms with Gasteiger partial charge in [-0.25, -0.2) is 0 Å². The van der Waals surface area contributed by atoms with Crippen molar-refractivity contribution >= 4 is 11.6 Å². The van der Waals surface area contributed by atoms with E-state index in [0.717, 1.165) is 49.6 Å². The first kappa shape index (κ1) is 22.2. The number of likely N-dealkylation sites (tertiary alicyclic amines) is 1. The molecule has 33 heavy (non-hydrogen) atoms. The maximum atomic E-state index is 12.9. The molecule has 6 nitrogen and oxygen atoms in total. The Labute approximate surface area is 197 Å². The average molecular weight is 449 g/mol. The molecule has 0 bridgehead atoms. The summed E-state index contributed by atoms with van der Waals surface area (Å²) in [4.78, 5) is 15.3. The van der Waals surface area contributed by atoms with Crippen LogP contribution in [0.2, 0.25) is 0 Å². The second kappa shape index (κ2) is 10.1. The summed E-state index contributed by atoms with van der Waals surface area (Å²) in [6.45, 7) is 7.66. The Morgan fingerprint density at radius 1 is 1.09 bits per heavy atom. The summed E-state index contributed by atoms with van der Waals surface area (Å²) in [6, 6.07) is 15.1. The molecule has 0 radical (unpaired) electrons. The largest absolute Gasteiger partial charge is 0.494 e. The number of carbonyl (C=O) groups excluding carboxylic acids is 1. The third-order valence-corrected chi connectivity index (χ3v) is 7.36. The van der Waals surface area contributed by atoms with Crippen LogP contribution in [0.4, 0.5) is 5.69 Å². The molecule has 2 aromatic carbocycles.